The first kappa shape index (κ1) is 10.5. The highest BCUT2D eigenvalue weighted by Crippen LogP contribution is 2.22. The zero-order valence-electron chi connectivity index (χ0n) is 9.55. The van der Waals surface area contributed by atoms with Crippen molar-refractivity contribution in [2.45, 2.75) is 38.8 Å². The summed E-state index contributed by atoms with van der Waals surface area (Å²) in [4.78, 5) is 0. The van der Waals surface area contributed by atoms with Crippen molar-refractivity contribution in [2.75, 3.05) is 7.11 Å². The molecule has 0 radical (unpaired) electrons. The van der Waals surface area contributed by atoms with Crippen LogP contribution in [0.2, 0.25) is 0 Å². The lowest BCUT2D eigenvalue weighted by molar-refractivity contribution is 0.334. The van der Waals surface area contributed by atoms with E-state index in [2.05, 4.69) is 30.4 Å². The highest BCUT2D eigenvalue weighted by molar-refractivity contribution is 5.37. The van der Waals surface area contributed by atoms with Crippen LogP contribution in [0.3, 0.4) is 0 Å². The Hall–Kier alpha value is -1.02. The molecule has 2 rings (SSSR count). The Balaban J connectivity index is 1.99. The molecule has 0 saturated heterocycles. The molecule has 0 amide bonds. The number of hydrogen-bond acceptors (Lipinski definition) is 2. The molecule has 0 aromatic heterocycles. The van der Waals surface area contributed by atoms with Crippen LogP contribution in [0, 0.1) is 6.92 Å². The van der Waals surface area contributed by atoms with Gasteiger partial charge in [-0.05, 0) is 31.4 Å². The van der Waals surface area contributed by atoms with E-state index in [0.717, 1.165) is 18.3 Å². The van der Waals surface area contributed by atoms with Gasteiger partial charge < -0.3 is 10.1 Å². The zero-order valence-corrected chi connectivity index (χ0v) is 9.55. The molecule has 82 valence electrons. The Bertz CT molecular complexity index is 331. The van der Waals surface area contributed by atoms with E-state index in [0.29, 0.717) is 0 Å². The predicted octanol–water partition coefficient (Wildman–Crippen LogP) is 2.65. The maximum absolute atomic E-state index is 5.37. The van der Waals surface area contributed by atoms with Gasteiger partial charge in [0.05, 0.1) is 7.11 Å². The summed E-state index contributed by atoms with van der Waals surface area (Å²) in [5, 5.41) is 3.55. The number of ether oxygens (including phenoxy) is 1. The average molecular weight is 205 g/mol. The van der Waals surface area contributed by atoms with Crippen molar-refractivity contribution in [3.8, 4) is 5.75 Å². The first-order valence-corrected chi connectivity index (χ1v) is 5.66. The summed E-state index contributed by atoms with van der Waals surface area (Å²) in [6, 6.07) is 7.12. The molecule has 1 aromatic carbocycles. The molecule has 0 unspecified atom stereocenters. The molecule has 0 spiro atoms. The summed E-state index contributed by atoms with van der Waals surface area (Å²) < 4.78 is 5.37. The molecule has 1 N–H and O–H groups in total. The van der Waals surface area contributed by atoms with Gasteiger partial charge in [0.1, 0.15) is 5.75 Å². The first-order valence-electron chi connectivity index (χ1n) is 5.66. The monoisotopic (exact) mass is 205 g/mol. The van der Waals surface area contributed by atoms with Crippen LogP contribution in [0.1, 0.15) is 30.4 Å². The smallest absolute Gasteiger partial charge is 0.123 e. The summed E-state index contributed by atoms with van der Waals surface area (Å²) in [7, 11) is 1.74. The molecule has 2 heteroatoms. The summed E-state index contributed by atoms with van der Waals surface area (Å²) in [6.07, 6.45) is 4.03. The fourth-order valence-corrected chi connectivity index (χ4v) is 1.86. The fraction of sp³-hybridized carbons (Fsp3) is 0.538. The lowest BCUT2D eigenvalue weighted by Gasteiger charge is -2.26. The standard InChI is InChI=1S/C13H19NO/c1-10-6-7-11(13(8-10)15-2)9-14-12-4-3-5-12/h6-8,12,14H,3-5,9H2,1-2H3. The number of benzene rings is 1. The molecule has 0 heterocycles. The molecular formula is C13H19NO. The van der Waals surface area contributed by atoms with E-state index in [1.54, 1.807) is 7.11 Å². The fourth-order valence-electron chi connectivity index (χ4n) is 1.86. The summed E-state index contributed by atoms with van der Waals surface area (Å²) in [5.41, 5.74) is 2.51. The van der Waals surface area contributed by atoms with Crippen molar-refractivity contribution in [3.63, 3.8) is 0 Å². The van der Waals surface area contributed by atoms with Crippen LogP contribution in [-0.2, 0) is 6.54 Å². The minimum absolute atomic E-state index is 0.732. The maximum atomic E-state index is 5.37. The van der Waals surface area contributed by atoms with Crippen LogP contribution >= 0.6 is 0 Å². The lowest BCUT2D eigenvalue weighted by atomic mass is 9.93. The van der Waals surface area contributed by atoms with Crippen molar-refractivity contribution < 1.29 is 4.74 Å². The van der Waals surface area contributed by atoms with Gasteiger partial charge in [0.15, 0.2) is 0 Å². The van der Waals surface area contributed by atoms with Gasteiger partial charge in [-0.2, -0.15) is 0 Å². The van der Waals surface area contributed by atoms with E-state index in [-0.39, 0.29) is 0 Å². The number of hydrogen-bond donors (Lipinski definition) is 1. The molecule has 0 atom stereocenters. The third-order valence-corrected chi connectivity index (χ3v) is 3.13. The average Bonchev–Trinajstić information content (AvgIpc) is 2.17. The van der Waals surface area contributed by atoms with Gasteiger partial charge in [-0.15, -0.1) is 0 Å². The number of nitrogens with one attached hydrogen (secondary N) is 1. The topological polar surface area (TPSA) is 21.3 Å². The van der Waals surface area contributed by atoms with E-state index in [9.17, 15) is 0 Å². The molecule has 1 saturated carbocycles. The third kappa shape index (κ3) is 2.51. The van der Waals surface area contributed by atoms with Crippen LogP contribution in [0.15, 0.2) is 18.2 Å². The van der Waals surface area contributed by atoms with Crippen molar-refractivity contribution in [1.29, 1.82) is 0 Å². The predicted molar refractivity (Wildman–Crippen MR) is 62.2 cm³/mol. The Labute approximate surface area is 91.6 Å². The van der Waals surface area contributed by atoms with Crippen molar-refractivity contribution in [1.82, 2.24) is 5.32 Å². The number of methoxy groups -OCH3 is 1. The van der Waals surface area contributed by atoms with Crippen LogP contribution in [0.5, 0.6) is 5.75 Å². The molecule has 1 fully saturated rings. The minimum Gasteiger partial charge on any atom is -0.496 e. The molecule has 15 heavy (non-hydrogen) atoms. The molecule has 0 aliphatic heterocycles. The highest BCUT2D eigenvalue weighted by Gasteiger charge is 2.16. The van der Waals surface area contributed by atoms with E-state index in [4.69, 9.17) is 4.74 Å². The van der Waals surface area contributed by atoms with Crippen LogP contribution in [0.4, 0.5) is 0 Å². The minimum atomic E-state index is 0.732. The Morgan fingerprint density at radius 3 is 2.80 bits per heavy atom. The molecule has 1 aliphatic rings. The molecule has 1 aliphatic carbocycles. The summed E-state index contributed by atoms with van der Waals surface area (Å²) >= 11 is 0. The van der Waals surface area contributed by atoms with Crippen molar-refractivity contribution in [3.05, 3.63) is 29.3 Å². The Morgan fingerprint density at radius 1 is 1.40 bits per heavy atom. The van der Waals surface area contributed by atoms with Crippen molar-refractivity contribution >= 4 is 0 Å². The highest BCUT2D eigenvalue weighted by atomic mass is 16.5. The SMILES string of the molecule is COc1cc(C)ccc1CNC1CCC1. The quantitative estimate of drug-likeness (QED) is 0.816. The Morgan fingerprint density at radius 2 is 2.20 bits per heavy atom. The van der Waals surface area contributed by atoms with E-state index in [1.165, 1.54) is 30.4 Å². The largest absolute Gasteiger partial charge is 0.496 e. The van der Waals surface area contributed by atoms with Crippen LogP contribution in [-0.4, -0.2) is 13.2 Å². The van der Waals surface area contributed by atoms with Gasteiger partial charge >= 0.3 is 0 Å². The second kappa shape index (κ2) is 4.67. The van der Waals surface area contributed by atoms with Crippen molar-refractivity contribution in [2.24, 2.45) is 0 Å². The zero-order chi connectivity index (χ0) is 10.7. The maximum Gasteiger partial charge on any atom is 0.123 e. The van der Waals surface area contributed by atoms with Gasteiger partial charge in [-0.3, -0.25) is 0 Å². The second-order valence-corrected chi connectivity index (χ2v) is 4.32. The molecule has 2 nitrogen and oxygen atoms in total. The van der Waals surface area contributed by atoms with Gasteiger partial charge in [0.2, 0.25) is 0 Å². The van der Waals surface area contributed by atoms with Gasteiger partial charge in [0, 0.05) is 18.2 Å². The van der Waals surface area contributed by atoms with Crippen LogP contribution in [0.25, 0.3) is 0 Å². The van der Waals surface area contributed by atoms with Gasteiger partial charge in [-0.25, -0.2) is 0 Å². The van der Waals surface area contributed by atoms with E-state index < -0.39 is 0 Å². The first-order chi connectivity index (χ1) is 7.29. The Kier molecular flexibility index (Phi) is 3.27. The second-order valence-electron chi connectivity index (χ2n) is 4.32. The van der Waals surface area contributed by atoms with E-state index >= 15 is 0 Å². The van der Waals surface area contributed by atoms with Gasteiger partial charge in [0.25, 0.3) is 0 Å². The van der Waals surface area contributed by atoms with Crippen LogP contribution < -0.4 is 10.1 Å². The lowest BCUT2D eigenvalue weighted by Crippen LogP contribution is -2.34. The summed E-state index contributed by atoms with van der Waals surface area (Å²) in [5.74, 6) is 1.00. The molecular weight excluding hydrogens is 186 g/mol. The van der Waals surface area contributed by atoms with E-state index in [1.807, 2.05) is 0 Å². The number of aryl methyl sites for hydroxylation is 1. The molecule has 0 bridgehead atoms. The third-order valence-electron chi connectivity index (χ3n) is 3.13. The van der Waals surface area contributed by atoms with Gasteiger partial charge in [-0.1, -0.05) is 18.6 Å². The molecule has 1 aromatic rings. The number of rotatable bonds is 4. The normalized spacial score (nSPS) is 16.1. The summed E-state index contributed by atoms with van der Waals surface area (Å²) in [6.45, 7) is 3.01.